The van der Waals surface area contributed by atoms with Gasteiger partial charge in [0.1, 0.15) is 0 Å². The van der Waals surface area contributed by atoms with E-state index in [0.717, 1.165) is 36.9 Å². The maximum Gasteiger partial charge on any atom is 0.240 e. The Morgan fingerprint density at radius 3 is 2.55 bits per heavy atom. The zero-order chi connectivity index (χ0) is 15.0. The molecule has 0 radical (unpaired) electrons. The minimum atomic E-state index is -3.40. The molecule has 1 rings (SSSR count). The van der Waals surface area contributed by atoms with Gasteiger partial charge in [0.25, 0.3) is 0 Å². The Balaban J connectivity index is 2.81. The maximum absolute atomic E-state index is 12.3. The minimum absolute atomic E-state index is 0.393. The fraction of sp³-hybridized carbons (Fsp3) is 0.600. The SMILES string of the molecule is CCCCCNS(=O)(=O)c1cc(CNCC)ccc1C. The third-order valence-corrected chi connectivity index (χ3v) is 4.80. The van der Waals surface area contributed by atoms with E-state index in [2.05, 4.69) is 17.0 Å². The molecule has 0 atom stereocenters. The number of benzene rings is 1. The molecule has 0 heterocycles. The molecule has 0 unspecified atom stereocenters. The molecule has 0 fully saturated rings. The zero-order valence-electron chi connectivity index (χ0n) is 12.7. The lowest BCUT2D eigenvalue weighted by Gasteiger charge is -2.11. The van der Waals surface area contributed by atoms with Crippen molar-refractivity contribution in [1.29, 1.82) is 0 Å². The molecule has 0 amide bonds. The van der Waals surface area contributed by atoms with Crippen LogP contribution in [0.1, 0.15) is 44.2 Å². The van der Waals surface area contributed by atoms with Crippen LogP contribution in [-0.2, 0) is 16.6 Å². The highest BCUT2D eigenvalue weighted by Gasteiger charge is 2.16. The van der Waals surface area contributed by atoms with E-state index in [4.69, 9.17) is 0 Å². The molecule has 2 N–H and O–H groups in total. The normalized spacial score (nSPS) is 11.8. The van der Waals surface area contributed by atoms with Crippen LogP contribution < -0.4 is 10.0 Å². The van der Waals surface area contributed by atoms with Crippen molar-refractivity contribution in [2.75, 3.05) is 13.1 Å². The van der Waals surface area contributed by atoms with Gasteiger partial charge in [0.05, 0.1) is 4.90 Å². The van der Waals surface area contributed by atoms with Gasteiger partial charge in [-0.25, -0.2) is 13.1 Å². The zero-order valence-corrected chi connectivity index (χ0v) is 13.5. The Hall–Kier alpha value is -0.910. The molecule has 0 aliphatic rings. The minimum Gasteiger partial charge on any atom is -0.313 e. The summed E-state index contributed by atoms with van der Waals surface area (Å²) in [5.74, 6) is 0. The number of hydrogen-bond acceptors (Lipinski definition) is 3. The van der Waals surface area contributed by atoms with Gasteiger partial charge >= 0.3 is 0 Å². The molecule has 114 valence electrons. The van der Waals surface area contributed by atoms with Crippen LogP contribution in [0.25, 0.3) is 0 Å². The van der Waals surface area contributed by atoms with E-state index in [1.165, 1.54) is 0 Å². The van der Waals surface area contributed by atoms with Gasteiger partial charge in [0.15, 0.2) is 0 Å². The van der Waals surface area contributed by atoms with E-state index < -0.39 is 10.0 Å². The first kappa shape index (κ1) is 17.1. The topological polar surface area (TPSA) is 58.2 Å². The van der Waals surface area contributed by atoms with Crippen LogP contribution in [0.3, 0.4) is 0 Å². The molecule has 0 aromatic heterocycles. The predicted octanol–water partition coefficient (Wildman–Crippen LogP) is 2.57. The van der Waals surface area contributed by atoms with Gasteiger partial charge in [-0.05, 0) is 37.1 Å². The smallest absolute Gasteiger partial charge is 0.240 e. The Morgan fingerprint density at radius 2 is 1.90 bits per heavy atom. The summed E-state index contributed by atoms with van der Waals surface area (Å²) in [4.78, 5) is 0.393. The average Bonchev–Trinajstić information content (AvgIpc) is 2.42. The highest BCUT2D eigenvalue weighted by molar-refractivity contribution is 7.89. The van der Waals surface area contributed by atoms with Crippen molar-refractivity contribution in [2.45, 2.75) is 51.5 Å². The first-order valence-corrected chi connectivity index (χ1v) is 8.79. The molecule has 1 aromatic carbocycles. The summed E-state index contributed by atoms with van der Waals surface area (Å²) < 4.78 is 27.3. The van der Waals surface area contributed by atoms with Crippen LogP contribution in [0.15, 0.2) is 23.1 Å². The standard InChI is InChI=1S/C15H26N2O2S/c1-4-6-7-10-17-20(18,19)15-11-14(12-16-5-2)9-8-13(15)3/h8-9,11,16-17H,4-7,10,12H2,1-3H3. The second-order valence-electron chi connectivity index (χ2n) is 4.99. The van der Waals surface area contributed by atoms with Crippen LogP contribution in [-0.4, -0.2) is 21.5 Å². The van der Waals surface area contributed by atoms with Crippen molar-refractivity contribution in [3.05, 3.63) is 29.3 Å². The summed E-state index contributed by atoms with van der Waals surface area (Å²) in [5.41, 5.74) is 1.78. The van der Waals surface area contributed by atoms with E-state index >= 15 is 0 Å². The summed E-state index contributed by atoms with van der Waals surface area (Å²) in [5, 5.41) is 3.21. The second-order valence-corrected chi connectivity index (χ2v) is 6.72. The fourth-order valence-corrected chi connectivity index (χ4v) is 3.34. The number of hydrogen-bond donors (Lipinski definition) is 2. The Kier molecular flexibility index (Phi) is 7.19. The van der Waals surface area contributed by atoms with Gasteiger partial charge in [-0.2, -0.15) is 0 Å². The third-order valence-electron chi connectivity index (χ3n) is 3.19. The summed E-state index contributed by atoms with van der Waals surface area (Å²) in [6.45, 7) is 8.02. The molecular formula is C15H26N2O2S. The van der Waals surface area contributed by atoms with Crippen LogP contribution in [0.5, 0.6) is 0 Å². The number of rotatable bonds is 9. The van der Waals surface area contributed by atoms with Crippen LogP contribution in [0.2, 0.25) is 0 Å². The van der Waals surface area contributed by atoms with Gasteiger partial charge in [0.2, 0.25) is 10.0 Å². The van der Waals surface area contributed by atoms with E-state index in [9.17, 15) is 8.42 Å². The lowest BCUT2D eigenvalue weighted by Crippen LogP contribution is -2.25. The van der Waals surface area contributed by atoms with Crippen molar-refractivity contribution in [3.8, 4) is 0 Å². The number of nitrogens with one attached hydrogen (secondary N) is 2. The van der Waals surface area contributed by atoms with E-state index in [-0.39, 0.29) is 0 Å². The van der Waals surface area contributed by atoms with Gasteiger partial charge in [-0.1, -0.05) is 38.8 Å². The van der Waals surface area contributed by atoms with Crippen molar-refractivity contribution >= 4 is 10.0 Å². The van der Waals surface area contributed by atoms with E-state index in [0.29, 0.717) is 18.0 Å². The van der Waals surface area contributed by atoms with Gasteiger partial charge < -0.3 is 5.32 Å². The van der Waals surface area contributed by atoms with Crippen LogP contribution in [0, 0.1) is 6.92 Å². The first-order chi connectivity index (χ1) is 9.51. The molecule has 0 spiro atoms. The summed E-state index contributed by atoms with van der Waals surface area (Å²) in [6.07, 6.45) is 3.01. The lowest BCUT2D eigenvalue weighted by molar-refractivity contribution is 0.575. The molecule has 0 bridgehead atoms. The quantitative estimate of drug-likeness (QED) is 0.689. The molecule has 4 nitrogen and oxygen atoms in total. The molecule has 0 aliphatic heterocycles. The second kappa shape index (κ2) is 8.39. The van der Waals surface area contributed by atoms with E-state index in [1.807, 2.05) is 26.0 Å². The van der Waals surface area contributed by atoms with Crippen LogP contribution >= 0.6 is 0 Å². The third kappa shape index (κ3) is 5.23. The summed E-state index contributed by atoms with van der Waals surface area (Å²) in [7, 11) is -3.40. The first-order valence-electron chi connectivity index (χ1n) is 7.31. The molecule has 20 heavy (non-hydrogen) atoms. The Morgan fingerprint density at radius 1 is 1.15 bits per heavy atom. The Bertz CT molecular complexity index is 513. The van der Waals surface area contributed by atoms with E-state index in [1.54, 1.807) is 6.07 Å². The highest BCUT2D eigenvalue weighted by Crippen LogP contribution is 2.17. The molecule has 0 aliphatic carbocycles. The van der Waals surface area contributed by atoms with Crippen molar-refractivity contribution in [3.63, 3.8) is 0 Å². The van der Waals surface area contributed by atoms with Crippen molar-refractivity contribution in [1.82, 2.24) is 10.0 Å². The lowest BCUT2D eigenvalue weighted by atomic mass is 10.1. The highest BCUT2D eigenvalue weighted by atomic mass is 32.2. The maximum atomic E-state index is 12.3. The number of unbranched alkanes of at least 4 members (excludes halogenated alkanes) is 2. The molecule has 0 saturated heterocycles. The van der Waals surface area contributed by atoms with Gasteiger partial charge in [-0.3, -0.25) is 0 Å². The van der Waals surface area contributed by atoms with Crippen molar-refractivity contribution in [2.24, 2.45) is 0 Å². The molecule has 0 saturated carbocycles. The Labute approximate surface area is 123 Å². The summed E-state index contributed by atoms with van der Waals surface area (Å²) >= 11 is 0. The molecule has 1 aromatic rings. The van der Waals surface area contributed by atoms with Crippen LogP contribution in [0.4, 0.5) is 0 Å². The molecule has 5 heteroatoms. The fourth-order valence-electron chi connectivity index (χ4n) is 1.97. The number of sulfonamides is 1. The molecular weight excluding hydrogens is 272 g/mol. The summed E-state index contributed by atoms with van der Waals surface area (Å²) in [6, 6.07) is 5.60. The monoisotopic (exact) mass is 298 g/mol. The predicted molar refractivity (Wildman–Crippen MR) is 83.3 cm³/mol. The average molecular weight is 298 g/mol. The largest absolute Gasteiger partial charge is 0.313 e. The van der Waals surface area contributed by atoms with Crippen molar-refractivity contribution < 1.29 is 8.42 Å². The van der Waals surface area contributed by atoms with Gasteiger partial charge in [-0.15, -0.1) is 0 Å². The van der Waals surface area contributed by atoms with Gasteiger partial charge in [0, 0.05) is 13.1 Å². The number of aryl methyl sites for hydroxylation is 1.